The molecular formula is C27H28BrN3O. The van der Waals surface area contributed by atoms with Gasteiger partial charge < -0.3 is 9.88 Å². The lowest BCUT2D eigenvalue weighted by Gasteiger charge is -2.15. The summed E-state index contributed by atoms with van der Waals surface area (Å²) in [5, 5.41) is 3.03. The lowest BCUT2D eigenvalue weighted by molar-refractivity contribution is 0.0953. The maximum absolute atomic E-state index is 12.4. The molecule has 1 amide bonds. The highest BCUT2D eigenvalue weighted by Crippen LogP contribution is 2.23. The molecule has 0 spiro atoms. The molecule has 4 nitrogen and oxygen atoms in total. The van der Waals surface area contributed by atoms with Crippen molar-refractivity contribution in [3.8, 4) is 0 Å². The van der Waals surface area contributed by atoms with Crippen LogP contribution in [0.1, 0.15) is 44.9 Å². The van der Waals surface area contributed by atoms with Gasteiger partial charge in [-0.15, -0.1) is 0 Å². The highest BCUT2D eigenvalue weighted by Gasteiger charge is 2.14. The van der Waals surface area contributed by atoms with Gasteiger partial charge in [-0.05, 0) is 74.2 Å². The van der Waals surface area contributed by atoms with Crippen molar-refractivity contribution >= 4 is 32.9 Å². The van der Waals surface area contributed by atoms with Crippen molar-refractivity contribution in [1.82, 2.24) is 14.9 Å². The zero-order valence-corrected chi connectivity index (χ0v) is 20.4. The van der Waals surface area contributed by atoms with Crippen molar-refractivity contribution in [2.75, 3.05) is 6.54 Å². The molecule has 0 unspecified atom stereocenters. The van der Waals surface area contributed by atoms with Gasteiger partial charge in [0.2, 0.25) is 0 Å². The molecule has 0 aliphatic heterocycles. The average Bonchev–Trinajstić information content (AvgIpc) is 3.10. The zero-order valence-electron chi connectivity index (χ0n) is 18.8. The van der Waals surface area contributed by atoms with E-state index in [1.165, 1.54) is 22.3 Å². The van der Waals surface area contributed by atoms with Gasteiger partial charge in [0.15, 0.2) is 0 Å². The van der Waals surface area contributed by atoms with Crippen LogP contribution in [0, 0.1) is 20.8 Å². The van der Waals surface area contributed by atoms with Crippen molar-refractivity contribution in [3.63, 3.8) is 0 Å². The third-order valence-electron chi connectivity index (χ3n) is 5.84. The van der Waals surface area contributed by atoms with Gasteiger partial charge in [-0.1, -0.05) is 51.8 Å². The zero-order chi connectivity index (χ0) is 22.7. The Labute approximate surface area is 197 Å². The molecule has 5 heteroatoms. The van der Waals surface area contributed by atoms with E-state index in [1.54, 1.807) is 0 Å². The summed E-state index contributed by atoms with van der Waals surface area (Å²) in [6, 6.07) is 20.2. The Morgan fingerprint density at radius 1 is 1.00 bits per heavy atom. The summed E-state index contributed by atoms with van der Waals surface area (Å²) in [7, 11) is 0. The maximum Gasteiger partial charge on any atom is 0.251 e. The number of carbonyl (C=O) groups is 1. The Morgan fingerprint density at radius 2 is 1.75 bits per heavy atom. The van der Waals surface area contributed by atoms with Gasteiger partial charge in [-0.3, -0.25) is 4.79 Å². The maximum atomic E-state index is 12.4. The van der Waals surface area contributed by atoms with Crippen LogP contribution in [0.4, 0.5) is 0 Å². The standard InChI is InChI=1S/C27H28BrN3O/c1-18-14-19(2)23(20(3)15-18)17-31-25-11-5-4-10-24(25)30-26(31)12-7-13-29-27(32)21-8-6-9-22(28)16-21/h4-6,8-11,14-16H,7,12-13,17H2,1-3H3,(H,29,32). The molecule has 4 rings (SSSR count). The third-order valence-corrected chi connectivity index (χ3v) is 6.33. The number of halogens is 1. The number of nitrogens with one attached hydrogen (secondary N) is 1. The molecule has 3 aromatic carbocycles. The first-order valence-electron chi connectivity index (χ1n) is 11.0. The van der Waals surface area contributed by atoms with Crippen LogP contribution in [0.15, 0.2) is 65.1 Å². The lowest BCUT2D eigenvalue weighted by Crippen LogP contribution is -2.25. The molecule has 0 aliphatic carbocycles. The average molecular weight is 490 g/mol. The predicted octanol–water partition coefficient (Wildman–Crippen LogP) is 6.13. The van der Waals surface area contributed by atoms with Crippen molar-refractivity contribution in [1.29, 1.82) is 0 Å². The summed E-state index contributed by atoms with van der Waals surface area (Å²) in [6.07, 6.45) is 1.63. The molecule has 164 valence electrons. The van der Waals surface area contributed by atoms with E-state index in [0.29, 0.717) is 12.1 Å². The summed E-state index contributed by atoms with van der Waals surface area (Å²) in [6.45, 7) is 7.93. The summed E-state index contributed by atoms with van der Waals surface area (Å²) >= 11 is 3.42. The minimum Gasteiger partial charge on any atom is -0.352 e. The fourth-order valence-electron chi connectivity index (χ4n) is 4.29. The predicted molar refractivity (Wildman–Crippen MR) is 134 cm³/mol. The van der Waals surface area contributed by atoms with Gasteiger partial charge in [-0.2, -0.15) is 0 Å². The van der Waals surface area contributed by atoms with E-state index in [1.807, 2.05) is 30.3 Å². The van der Waals surface area contributed by atoms with E-state index in [9.17, 15) is 4.79 Å². The molecule has 0 bridgehead atoms. The molecule has 0 saturated heterocycles. The van der Waals surface area contributed by atoms with Crippen LogP contribution in [-0.2, 0) is 13.0 Å². The van der Waals surface area contributed by atoms with E-state index in [-0.39, 0.29) is 5.91 Å². The van der Waals surface area contributed by atoms with Crippen LogP contribution in [0.5, 0.6) is 0 Å². The molecule has 1 N–H and O–H groups in total. The van der Waals surface area contributed by atoms with Crippen molar-refractivity contribution in [2.45, 2.75) is 40.2 Å². The summed E-state index contributed by atoms with van der Waals surface area (Å²) < 4.78 is 3.23. The number of carbonyl (C=O) groups excluding carboxylic acids is 1. The van der Waals surface area contributed by atoms with Crippen LogP contribution >= 0.6 is 15.9 Å². The number of para-hydroxylation sites is 2. The highest BCUT2D eigenvalue weighted by molar-refractivity contribution is 9.10. The van der Waals surface area contributed by atoms with Gasteiger partial charge >= 0.3 is 0 Å². The van der Waals surface area contributed by atoms with Gasteiger partial charge in [-0.25, -0.2) is 4.98 Å². The number of aromatic nitrogens is 2. The van der Waals surface area contributed by atoms with E-state index in [0.717, 1.165) is 40.7 Å². The molecule has 0 saturated carbocycles. The number of imidazole rings is 1. The molecule has 4 aromatic rings. The van der Waals surface area contributed by atoms with E-state index < -0.39 is 0 Å². The second-order valence-electron chi connectivity index (χ2n) is 8.35. The Kier molecular flexibility index (Phi) is 6.75. The molecule has 0 fully saturated rings. The number of benzene rings is 3. The number of nitrogens with zero attached hydrogens (tertiary/aromatic N) is 2. The first-order chi connectivity index (χ1) is 15.4. The molecule has 0 aliphatic rings. The summed E-state index contributed by atoms with van der Waals surface area (Å²) in [5.41, 5.74) is 8.10. The molecule has 0 atom stereocenters. The van der Waals surface area contributed by atoms with Crippen LogP contribution in [0.2, 0.25) is 0 Å². The SMILES string of the molecule is Cc1cc(C)c(Cn2c(CCCNC(=O)c3cccc(Br)c3)nc3ccccc32)c(C)c1. The molecular weight excluding hydrogens is 462 g/mol. The van der Waals surface area contributed by atoms with E-state index in [2.05, 4.69) is 76.9 Å². The Balaban J connectivity index is 1.50. The molecule has 32 heavy (non-hydrogen) atoms. The first-order valence-corrected chi connectivity index (χ1v) is 11.8. The fraction of sp³-hybridized carbons (Fsp3) is 0.259. The Hall–Kier alpha value is -2.92. The van der Waals surface area contributed by atoms with Crippen LogP contribution in [0.25, 0.3) is 11.0 Å². The number of hydrogen-bond acceptors (Lipinski definition) is 2. The van der Waals surface area contributed by atoms with Gasteiger partial charge in [0.25, 0.3) is 5.91 Å². The minimum atomic E-state index is -0.0503. The Morgan fingerprint density at radius 3 is 2.50 bits per heavy atom. The number of amides is 1. The fourth-order valence-corrected chi connectivity index (χ4v) is 4.69. The number of aryl methyl sites for hydroxylation is 4. The van der Waals surface area contributed by atoms with Crippen LogP contribution in [-0.4, -0.2) is 22.0 Å². The summed E-state index contributed by atoms with van der Waals surface area (Å²) in [5.74, 6) is 1.01. The van der Waals surface area contributed by atoms with Crippen LogP contribution < -0.4 is 5.32 Å². The van der Waals surface area contributed by atoms with Crippen molar-refractivity contribution in [3.05, 3.63) is 98.8 Å². The topological polar surface area (TPSA) is 46.9 Å². The smallest absolute Gasteiger partial charge is 0.251 e. The number of fused-ring (bicyclic) bond motifs is 1. The van der Waals surface area contributed by atoms with Crippen LogP contribution in [0.3, 0.4) is 0 Å². The highest BCUT2D eigenvalue weighted by atomic mass is 79.9. The molecule has 0 radical (unpaired) electrons. The van der Waals surface area contributed by atoms with Crippen molar-refractivity contribution < 1.29 is 4.79 Å². The number of hydrogen-bond donors (Lipinski definition) is 1. The third kappa shape index (κ3) is 4.94. The minimum absolute atomic E-state index is 0.0503. The van der Waals surface area contributed by atoms with E-state index in [4.69, 9.17) is 4.98 Å². The largest absolute Gasteiger partial charge is 0.352 e. The normalized spacial score (nSPS) is 11.1. The molecule has 1 heterocycles. The van der Waals surface area contributed by atoms with Gasteiger partial charge in [0, 0.05) is 29.5 Å². The quantitative estimate of drug-likeness (QED) is 0.317. The first kappa shape index (κ1) is 22.3. The number of rotatable bonds is 7. The Bertz CT molecular complexity index is 1250. The second kappa shape index (κ2) is 9.70. The summed E-state index contributed by atoms with van der Waals surface area (Å²) in [4.78, 5) is 17.3. The van der Waals surface area contributed by atoms with Gasteiger partial charge in [0.05, 0.1) is 11.0 Å². The second-order valence-corrected chi connectivity index (χ2v) is 9.27. The lowest BCUT2D eigenvalue weighted by atomic mass is 9.99. The van der Waals surface area contributed by atoms with Crippen molar-refractivity contribution in [2.24, 2.45) is 0 Å². The van der Waals surface area contributed by atoms with E-state index >= 15 is 0 Å². The molecule has 1 aromatic heterocycles. The monoisotopic (exact) mass is 489 g/mol. The van der Waals surface area contributed by atoms with Gasteiger partial charge in [0.1, 0.15) is 5.82 Å².